The van der Waals surface area contributed by atoms with E-state index in [2.05, 4.69) is 5.32 Å². The summed E-state index contributed by atoms with van der Waals surface area (Å²) in [6, 6.07) is -0.0803. The predicted molar refractivity (Wildman–Crippen MR) is 61.9 cm³/mol. The second kappa shape index (κ2) is 3.68. The first kappa shape index (κ1) is 12.3. The zero-order chi connectivity index (χ0) is 12.0. The number of hydrogen-bond acceptors (Lipinski definition) is 5. The summed E-state index contributed by atoms with van der Waals surface area (Å²) in [5, 5.41) is 3.21. The minimum absolute atomic E-state index is 0.0803. The summed E-state index contributed by atoms with van der Waals surface area (Å²) in [5.74, 6) is 0.683. The lowest BCUT2D eigenvalue weighted by atomic mass is 10.0. The Morgan fingerprint density at radius 1 is 1.12 bits per heavy atom. The lowest BCUT2D eigenvalue weighted by Gasteiger charge is -2.27. The first-order chi connectivity index (χ1) is 7.20. The molecule has 0 aromatic carbocycles. The third-order valence-corrected chi connectivity index (χ3v) is 6.96. The molecule has 2 saturated heterocycles. The van der Waals surface area contributed by atoms with Crippen molar-refractivity contribution in [1.82, 2.24) is 5.32 Å². The number of rotatable bonds is 2. The maximum absolute atomic E-state index is 11.4. The van der Waals surface area contributed by atoms with E-state index in [0.29, 0.717) is 12.8 Å². The molecule has 0 aliphatic carbocycles. The molecule has 2 rings (SSSR count). The first-order valence-corrected chi connectivity index (χ1v) is 9.03. The molecule has 0 aromatic rings. The average molecular weight is 267 g/mol. The summed E-state index contributed by atoms with van der Waals surface area (Å²) < 4.78 is 45.4. The Morgan fingerprint density at radius 2 is 1.81 bits per heavy atom. The van der Waals surface area contributed by atoms with Gasteiger partial charge in [-0.1, -0.05) is 0 Å². The van der Waals surface area contributed by atoms with Crippen molar-refractivity contribution >= 4 is 19.7 Å². The van der Waals surface area contributed by atoms with Crippen LogP contribution in [0.15, 0.2) is 0 Å². The van der Waals surface area contributed by atoms with E-state index in [4.69, 9.17) is 0 Å². The Hall–Kier alpha value is -0.140. The molecule has 0 saturated carbocycles. The standard InChI is InChI=1S/C9H17NO4S2/c1-9(3-5-16(13,14)7-9)10-8-2-4-15(11,12)6-8/h8,10H,2-7H2,1H3. The van der Waals surface area contributed by atoms with E-state index < -0.39 is 25.2 Å². The third kappa shape index (κ3) is 2.75. The zero-order valence-corrected chi connectivity index (χ0v) is 10.9. The summed E-state index contributed by atoms with van der Waals surface area (Å²) in [5.41, 5.74) is -0.441. The van der Waals surface area contributed by atoms with Gasteiger partial charge in [-0.3, -0.25) is 0 Å². The smallest absolute Gasteiger partial charge is 0.152 e. The van der Waals surface area contributed by atoms with Gasteiger partial charge in [0.2, 0.25) is 0 Å². The molecule has 0 spiro atoms. The van der Waals surface area contributed by atoms with E-state index in [1.165, 1.54) is 0 Å². The normalized spacial score (nSPS) is 41.2. The van der Waals surface area contributed by atoms with Crippen LogP contribution in [0.3, 0.4) is 0 Å². The lowest BCUT2D eigenvalue weighted by molar-refractivity contribution is 0.353. The number of sulfone groups is 2. The fraction of sp³-hybridized carbons (Fsp3) is 1.00. The lowest BCUT2D eigenvalue weighted by Crippen LogP contribution is -2.49. The summed E-state index contributed by atoms with van der Waals surface area (Å²) in [6.45, 7) is 1.86. The van der Waals surface area contributed by atoms with Gasteiger partial charge in [0.25, 0.3) is 0 Å². The average Bonchev–Trinajstić information content (AvgIpc) is 2.53. The molecule has 2 fully saturated rings. The maximum Gasteiger partial charge on any atom is 0.152 e. The van der Waals surface area contributed by atoms with Crippen molar-refractivity contribution in [3.8, 4) is 0 Å². The van der Waals surface area contributed by atoms with E-state index >= 15 is 0 Å². The highest BCUT2D eigenvalue weighted by Crippen LogP contribution is 2.25. The van der Waals surface area contributed by atoms with Crippen LogP contribution in [0.1, 0.15) is 19.8 Å². The van der Waals surface area contributed by atoms with Crippen LogP contribution >= 0.6 is 0 Å². The van der Waals surface area contributed by atoms with Crippen LogP contribution in [0.25, 0.3) is 0 Å². The van der Waals surface area contributed by atoms with Crippen LogP contribution in [0.2, 0.25) is 0 Å². The van der Waals surface area contributed by atoms with E-state index in [1.54, 1.807) is 0 Å². The second-order valence-electron chi connectivity index (χ2n) is 5.15. The van der Waals surface area contributed by atoms with Crippen molar-refractivity contribution in [1.29, 1.82) is 0 Å². The first-order valence-electron chi connectivity index (χ1n) is 5.38. The monoisotopic (exact) mass is 267 g/mol. The van der Waals surface area contributed by atoms with Gasteiger partial charge in [-0.05, 0) is 19.8 Å². The maximum atomic E-state index is 11.4. The summed E-state index contributed by atoms with van der Waals surface area (Å²) in [7, 11) is -5.84. The molecule has 2 atom stereocenters. The topological polar surface area (TPSA) is 80.3 Å². The van der Waals surface area contributed by atoms with Gasteiger partial charge >= 0.3 is 0 Å². The van der Waals surface area contributed by atoms with Crippen molar-refractivity contribution < 1.29 is 16.8 Å². The van der Waals surface area contributed by atoms with E-state index in [-0.39, 0.29) is 29.1 Å². The van der Waals surface area contributed by atoms with Crippen LogP contribution < -0.4 is 5.32 Å². The van der Waals surface area contributed by atoms with Crippen molar-refractivity contribution in [2.45, 2.75) is 31.3 Å². The highest BCUT2D eigenvalue weighted by molar-refractivity contribution is 7.92. The molecule has 0 aromatic heterocycles. The largest absolute Gasteiger partial charge is 0.307 e. The zero-order valence-electron chi connectivity index (χ0n) is 9.27. The molecule has 0 radical (unpaired) electrons. The van der Waals surface area contributed by atoms with Crippen LogP contribution in [-0.2, 0) is 19.7 Å². The van der Waals surface area contributed by atoms with E-state index in [1.807, 2.05) is 6.92 Å². The molecule has 94 valence electrons. The molecule has 2 heterocycles. The summed E-state index contributed by atoms with van der Waals surface area (Å²) >= 11 is 0. The molecule has 7 heteroatoms. The molecular formula is C9H17NO4S2. The Bertz CT molecular complexity index is 482. The minimum atomic E-state index is -2.94. The summed E-state index contributed by atoms with van der Waals surface area (Å²) in [4.78, 5) is 0. The molecule has 2 aliphatic heterocycles. The molecule has 1 N–H and O–H groups in total. The number of nitrogens with one attached hydrogen (secondary N) is 1. The Kier molecular flexibility index (Phi) is 2.83. The second-order valence-corrected chi connectivity index (χ2v) is 9.56. The van der Waals surface area contributed by atoms with E-state index in [0.717, 1.165) is 0 Å². The van der Waals surface area contributed by atoms with Crippen molar-refractivity contribution in [2.75, 3.05) is 23.0 Å². The van der Waals surface area contributed by atoms with Crippen LogP contribution in [0.5, 0.6) is 0 Å². The highest BCUT2D eigenvalue weighted by Gasteiger charge is 2.41. The van der Waals surface area contributed by atoms with Crippen molar-refractivity contribution in [3.63, 3.8) is 0 Å². The summed E-state index contributed by atoms with van der Waals surface area (Å²) in [6.07, 6.45) is 1.17. The molecular weight excluding hydrogens is 250 g/mol. The van der Waals surface area contributed by atoms with Crippen LogP contribution in [-0.4, -0.2) is 51.4 Å². The highest BCUT2D eigenvalue weighted by atomic mass is 32.2. The Morgan fingerprint density at radius 3 is 2.25 bits per heavy atom. The van der Waals surface area contributed by atoms with Gasteiger partial charge < -0.3 is 5.32 Å². The fourth-order valence-electron chi connectivity index (χ4n) is 2.53. The third-order valence-electron chi connectivity index (χ3n) is 3.29. The molecule has 16 heavy (non-hydrogen) atoms. The minimum Gasteiger partial charge on any atom is -0.307 e. The van der Waals surface area contributed by atoms with Gasteiger partial charge in [0, 0.05) is 11.6 Å². The molecule has 5 nitrogen and oxygen atoms in total. The molecule has 2 unspecified atom stereocenters. The Balaban J connectivity index is 2.01. The predicted octanol–water partition coefficient (Wildman–Crippen LogP) is -0.660. The Labute approximate surface area is 96.4 Å². The number of hydrogen-bond donors (Lipinski definition) is 1. The van der Waals surface area contributed by atoms with Gasteiger partial charge in [-0.2, -0.15) is 0 Å². The van der Waals surface area contributed by atoms with Crippen LogP contribution in [0, 0.1) is 0 Å². The molecule has 0 bridgehead atoms. The van der Waals surface area contributed by atoms with Gasteiger partial charge in [-0.25, -0.2) is 16.8 Å². The van der Waals surface area contributed by atoms with Gasteiger partial charge in [0.1, 0.15) is 0 Å². The van der Waals surface area contributed by atoms with Crippen molar-refractivity contribution in [3.05, 3.63) is 0 Å². The van der Waals surface area contributed by atoms with Gasteiger partial charge in [0.05, 0.1) is 23.0 Å². The van der Waals surface area contributed by atoms with E-state index in [9.17, 15) is 16.8 Å². The molecule has 2 aliphatic rings. The van der Waals surface area contributed by atoms with Crippen LogP contribution in [0.4, 0.5) is 0 Å². The van der Waals surface area contributed by atoms with Gasteiger partial charge in [-0.15, -0.1) is 0 Å². The fourth-order valence-corrected chi connectivity index (χ4v) is 6.30. The van der Waals surface area contributed by atoms with Crippen molar-refractivity contribution in [2.24, 2.45) is 0 Å². The SMILES string of the molecule is CC1(NC2CCS(=O)(=O)C2)CCS(=O)(=O)C1. The van der Waals surface area contributed by atoms with Gasteiger partial charge in [0.15, 0.2) is 19.7 Å². The quantitative estimate of drug-likeness (QED) is 0.718. The molecule has 0 amide bonds.